The fourth-order valence-corrected chi connectivity index (χ4v) is 3.85. The number of benzene rings is 3. The summed E-state index contributed by atoms with van der Waals surface area (Å²) in [4.78, 5) is 31.9. The lowest BCUT2D eigenvalue weighted by Gasteiger charge is -2.13. The van der Waals surface area contributed by atoms with E-state index < -0.39 is 22.8 Å². The first-order valence-corrected chi connectivity index (χ1v) is 11.2. The first-order chi connectivity index (χ1) is 17.1. The molecule has 4 rings (SSSR count). The molecule has 186 valence electrons. The van der Waals surface area contributed by atoms with Gasteiger partial charge < -0.3 is 20.9 Å². The summed E-state index contributed by atoms with van der Waals surface area (Å²) in [7, 11) is 0. The molecule has 0 fully saturated rings. The monoisotopic (exact) mass is 515 g/mol. The number of aromatic amines is 1. The third kappa shape index (κ3) is 5.95. The Balaban J connectivity index is 1.31. The Bertz CT molecular complexity index is 1400. The summed E-state index contributed by atoms with van der Waals surface area (Å²) >= 11 is 5.60. The van der Waals surface area contributed by atoms with E-state index in [9.17, 15) is 22.8 Å². The van der Waals surface area contributed by atoms with Crippen LogP contribution in [0.5, 0.6) is 0 Å². The molecule has 1 heterocycles. The van der Waals surface area contributed by atoms with Crippen molar-refractivity contribution in [2.45, 2.75) is 19.5 Å². The Kier molecular flexibility index (Phi) is 7.16. The largest absolute Gasteiger partial charge is 0.417 e. The normalized spacial score (nSPS) is 11.4. The molecule has 0 aliphatic heterocycles. The molecule has 4 N–H and O–H groups in total. The first-order valence-electron chi connectivity index (χ1n) is 10.9. The molecule has 36 heavy (non-hydrogen) atoms. The molecule has 0 spiro atoms. The predicted octanol–water partition coefficient (Wildman–Crippen LogP) is 6.16. The van der Waals surface area contributed by atoms with Crippen LogP contribution in [0, 0.1) is 6.92 Å². The number of H-pyrrole nitrogens is 1. The molecule has 1 aromatic heterocycles. The van der Waals surface area contributed by atoms with Gasteiger partial charge in [-0.05, 0) is 66.9 Å². The summed E-state index contributed by atoms with van der Waals surface area (Å²) < 4.78 is 39.1. The summed E-state index contributed by atoms with van der Waals surface area (Å²) in [6, 6.07) is 15.0. The Hall–Kier alpha value is -4.05. The quantitative estimate of drug-likeness (QED) is 0.247. The number of urea groups is 1. The Morgan fingerprint density at radius 1 is 1.00 bits per heavy atom. The van der Waals surface area contributed by atoms with Gasteiger partial charge in [-0.3, -0.25) is 4.79 Å². The van der Waals surface area contributed by atoms with Gasteiger partial charge in [-0.1, -0.05) is 29.8 Å². The number of hydrogen-bond acceptors (Lipinski definition) is 3. The van der Waals surface area contributed by atoms with Gasteiger partial charge in [0, 0.05) is 17.9 Å². The van der Waals surface area contributed by atoms with Crippen LogP contribution in [0.2, 0.25) is 5.02 Å². The van der Waals surface area contributed by atoms with E-state index in [-0.39, 0.29) is 17.4 Å². The van der Waals surface area contributed by atoms with Crippen molar-refractivity contribution in [3.05, 3.63) is 88.2 Å². The molecular weight excluding hydrogens is 495 g/mol. The van der Waals surface area contributed by atoms with Crippen LogP contribution in [-0.4, -0.2) is 28.5 Å². The Labute approximate surface area is 209 Å². The number of nitrogens with one attached hydrogen (secondary N) is 4. The van der Waals surface area contributed by atoms with E-state index in [4.69, 9.17) is 11.6 Å². The van der Waals surface area contributed by atoms with E-state index in [0.717, 1.165) is 28.8 Å². The van der Waals surface area contributed by atoms with Gasteiger partial charge in [0.15, 0.2) is 5.82 Å². The van der Waals surface area contributed by atoms with Crippen molar-refractivity contribution < 1.29 is 22.8 Å². The van der Waals surface area contributed by atoms with Crippen LogP contribution >= 0.6 is 11.6 Å². The number of amides is 3. The van der Waals surface area contributed by atoms with Crippen LogP contribution in [0.3, 0.4) is 0 Å². The van der Waals surface area contributed by atoms with E-state index >= 15 is 0 Å². The van der Waals surface area contributed by atoms with Crippen molar-refractivity contribution in [2.75, 3.05) is 17.2 Å². The summed E-state index contributed by atoms with van der Waals surface area (Å²) in [5, 5.41) is 7.34. The summed E-state index contributed by atoms with van der Waals surface area (Å²) in [5.41, 5.74) is 2.71. The predicted molar refractivity (Wildman–Crippen MR) is 132 cm³/mol. The zero-order valence-corrected chi connectivity index (χ0v) is 19.7. The number of alkyl halides is 3. The molecule has 3 amide bonds. The second-order valence-electron chi connectivity index (χ2n) is 8.02. The SMILES string of the molecule is Cc1cc(NC(=O)Nc2ccc(Cl)c(C(F)(F)F)c2)ccc1CCNC(=O)c1nc2ccccc2[nH]1. The second kappa shape index (κ2) is 10.3. The lowest BCUT2D eigenvalue weighted by Crippen LogP contribution is -2.26. The molecule has 3 aromatic carbocycles. The molecule has 0 aliphatic rings. The topological polar surface area (TPSA) is 98.9 Å². The molecule has 0 aliphatic carbocycles. The van der Waals surface area contributed by atoms with Crippen molar-refractivity contribution in [2.24, 2.45) is 0 Å². The minimum absolute atomic E-state index is 0.0437. The number of aryl methyl sites for hydroxylation is 1. The maximum atomic E-state index is 13.0. The molecule has 7 nitrogen and oxygen atoms in total. The number of aromatic nitrogens is 2. The van der Waals surface area contributed by atoms with Crippen LogP contribution < -0.4 is 16.0 Å². The van der Waals surface area contributed by atoms with Gasteiger partial charge in [-0.25, -0.2) is 9.78 Å². The average molecular weight is 516 g/mol. The molecular formula is C25H21ClF3N5O2. The van der Waals surface area contributed by atoms with Gasteiger partial charge >= 0.3 is 12.2 Å². The van der Waals surface area contributed by atoms with E-state index in [1.165, 1.54) is 6.07 Å². The number of hydrogen-bond donors (Lipinski definition) is 4. The molecule has 0 radical (unpaired) electrons. The van der Waals surface area contributed by atoms with Gasteiger partial charge in [0.25, 0.3) is 5.91 Å². The van der Waals surface area contributed by atoms with Crippen molar-refractivity contribution in [1.29, 1.82) is 0 Å². The number of carbonyl (C=O) groups is 2. The third-order valence-corrected chi connectivity index (χ3v) is 5.74. The number of fused-ring (bicyclic) bond motifs is 1. The van der Waals surface area contributed by atoms with Crippen LogP contribution in [0.1, 0.15) is 27.3 Å². The number of nitrogens with zero attached hydrogens (tertiary/aromatic N) is 1. The lowest BCUT2D eigenvalue weighted by atomic mass is 10.0. The van der Waals surface area contributed by atoms with Crippen LogP contribution in [0.25, 0.3) is 11.0 Å². The fourth-order valence-electron chi connectivity index (χ4n) is 3.62. The molecule has 0 saturated carbocycles. The first kappa shape index (κ1) is 25.1. The van der Waals surface area contributed by atoms with E-state index in [0.29, 0.717) is 24.2 Å². The maximum absolute atomic E-state index is 13.0. The zero-order valence-electron chi connectivity index (χ0n) is 19.0. The van der Waals surface area contributed by atoms with Crippen molar-refractivity contribution in [3.8, 4) is 0 Å². The van der Waals surface area contributed by atoms with Gasteiger partial charge in [0.2, 0.25) is 0 Å². The minimum atomic E-state index is -4.64. The van der Waals surface area contributed by atoms with Crippen molar-refractivity contribution >= 4 is 45.9 Å². The summed E-state index contributed by atoms with van der Waals surface area (Å²) in [6.07, 6.45) is -4.08. The Morgan fingerprint density at radius 3 is 2.39 bits per heavy atom. The number of halogens is 4. The number of rotatable bonds is 6. The van der Waals surface area contributed by atoms with Crippen LogP contribution in [0.15, 0.2) is 60.7 Å². The Morgan fingerprint density at radius 2 is 1.69 bits per heavy atom. The van der Waals surface area contributed by atoms with Crippen LogP contribution in [-0.2, 0) is 12.6 Å². The highest BCUT2D eigenvalue weighted by Crippen LogP contribution is 2.36. The third-order valence-electron chi connectivity index (χ3n) is 5.41. The maximum Gasteiger partial charge on any atom is 0.417 e. The second-order valence-corrected chi connectivity index (χ2v) is 8.43. The molecule has 0 bridgehead atoms. The molecule has 0 saturated heterocycles. The lowest BCUT2D eigenvalue weighted by molar-refractivity contribution is -0.137. The van der Waals surface area contributed by atoms with E-state index in [1.807, 2.05) is 37.3 Å². The highest BCUT2D eigenvalue weighted by molar-refractivity contribution is 6.31. The van der Waals surface area contributed by atoms with Gasteiger partial charge in [0.1, 0.15) is 0 Å². The molecule has 0 atom stereocenters. The van der Waals surface area contributed by atoms with Gasteiger partial charge in [-0.15, -0.1) is 0 Å². The van der Waals surface area contributed by atoms with E-state index in [1.54, 1.807) is 12.1 Å². The highest BCUT2D eigenvalue weighted by Gasteiger charge is 2.33. The summed E-state index contributed by atoms with van der Waals surface area (Å²) in [5.74, 6) is -0.0729. The fraction of sp³-hybridized carbons (Fsp3) is 0.160. The van der Waals surface area contributed by atoms with Crippen molar-refractivity contribution in [1.82, 2.24) is 15.3 Å². The number of para-hydroxylation sites is 2. The number of imidazole rings is 1. The number of carbonyl (C=O) groups excluding carboxylic acids is 2. The highest BCUT2D eigenvalue weighted by atomic mass is 35.5. The smallest absolute Gasteiger partial charge is 0.349 e. The standard InChI is InChI=1S/C25H21ClF3N5O2/c1-14-12-16(31-24(36)32-17-8-9-19(26)18(13-17)25(27,28)29)7-6-15(14)10-11-30-23(35)22-33-20-4-2-3-5-21(20)34-22/h2-9,12-13H,10-11H2,1H3,(H,30,35)(H,33,34)(H2,31,32,36). The number of anilines is 2. The van der Waals surface area contributed by atoms with E-state index in [2.05, 4.69) is 25.9 Å². The molecule has 11 heteroatoms. The average Bonchev–Trinajstić information content (AvgIpc) is 3.25. The summed E-state index contributed by atoms with van der Waals surface area (Å²) in [6.45, 7) is 2.23. The zero-order chi connectivity index (χ0) is 25.9. The molecule has 0 unspecified atom stereocenters. The van der Waals surface area contributed by atoms with Gasteiger partial charge in [-0.2, -0.15) is 13.2 Å². The molecule has 4 aromatic rings. The van der Waals surface area contributed by atoms with Gasteiger partial charge in [0.05, 0.1) is 21.6 Å². The van der Waals surface area contributed by atoms with Crippen LogP contribution in [0.4, 0.5) is 29.3 Å². The minimum Gasteiger partial charge on any atom is -0.349 e. The van der Waals surface area contributed by atoms with Crippen molar-refractivity contribution in [3.63, 3.8) is 0 Å².